The first kappa shape index (κ1) is 28.2. The van der Waals surface area contributed by atoms with Crippen molar-refractivity contribution in [1.82, 2.24) is 9.34 Å². The van der Waals surface area contributed by atoms with Gasteiger partial charge in [0.15, 0.2) is 13.6 Å². The summed E-state index contributed by atoms with van der Waals surface area (Å²) in [5.74, 6) is 0.267. The standard InChI is InChI=1S/C20H44N3O3PS/c1-15(2)22(16(3)4)27(23(17(5)6)18(7)8)26-12-10-11-25-14-28-20(24)19(9)13-21/h15-19H,10-14,21H2,1-9H3. The van der Waals surface area contributed by atoms with E-state index in [1.807, 2.05) is 6.92 Å². The van der Waals surface area contributed by atoms with Crippen LogP contribution in [0.1, 0.15) is 68.7 Å². The minimum Gasteiger partial charge on any atom is -0.370 e. The molecule has 0 rings (SSSR count). The van der Waals surface area contributed by atoms with E-state index in [2.05, 4.69) is 64.7 Å². The number of nitrogens with two attached hydrogens (primary N) is 1. The lowest BCUT2D eigenvalue weighted by molar-refractivity contribution is -0.113. The Morgan fingerprint density at radius 3 is 1.75 bits per heavy atom. The van der Waals surface area contributed by atoms with E-state index in [4.69, 9.17) is 15.0 Å². The molecule has 2 N–H and O–H groups in total. The minimum absolute atomic E-state index is 0.0938. The number of nitrogens with zero attached hydrogens (tertiary/aromatic N) is 2. The summed E-state index contributed by atoms with van der Waals surface area (Å²) in [4.78, 5) is 11.7. The highest BCUT2D eigenvalue weighted by Crippen LogP contribution is 2.50. The van der Waals surface area contributed by atoms with Crippen molar-refractivity contribution in [2.45, 2.75) is 92.9 Å². The van der Waals surface area contributed by atoms with Crippen LogP contribution in [0.2, 0.25) is 0 Å². The Labute approximate surface area is 179 Å². The lowest BCUT2D eigenvalue weighted by atomic mass is 10.2. The van der Waals surface area contributed by atoms with Gasteiger partial charge in [-0.2, -0.15) is 0 Å². The summed E-state index contributed by atoms with van der Waals surface area (Å²) >= 11 is 1.20. The number of hydrogen-bond donors (Lipinski definition) is 1. The van der Waals surface area contributed by atoms with Gasteiger partial charge in [0.2, 0.25) is 0 Å². The Kier molecular flexibility index (Phi) is 15.2. The second-order valence-corrected chi connectivity index (χ2v) is 10.8. The molecule has 0 bridgehead atoms. The van der Waals surface area contributed by atoms with Crippen molar-refractivity contribution >= 4 is 25.3 Å². The smallest absolute Gasteiger partial charge is 0.195 e. The third-order valence-corrected chi connectivity index (χ3v) is 8.21. The van der Waals surface area contributed by atoms with Gasteiger partial charge >= 0.3 is 0 Å². The molecule has 8 heteroatoms. The summed E-state index contributed by atoms with van der Waals surface area (Å²) in [5.41, 5.74) is 5.51. The molecule has 168 valence electrons. The molecule has 0 aromatic carbocycles. The molecule has 6 nitrogen and oxygen atoms in total. The summed E-state index contributed by atoms with van der Waals surface area (Å²) < 4.78 is 17.0. The van der Waals surface area contributed by atoms with Crippen LogP contribution in [-0.2, 0) is 14.1 Å². The maximum atomic E-state index is 11.7. The normalized spacial score (nSPS) is 13.9. The lowest BCUT2D eigenvalue weighted by Crippen LogP contribution is -2.43. The predicted molar refractivity (Wildman–Crippen MR) is 123 cm³/mol. The Bertz CT molecular complexity index is 390. The molecule has 0 spiro atoms. The Hall–Kier alpha value is 0.250. The van der Waals surface area contributed by atoms with Crippen LogP contribution in [0.3, 0.4) is 0 Å². The van der Waals surface area contributed by atoms with E-state index in [0.29, 0.717) is 49.9 Å². The molecule has 0 aliphatic carbocycles. The first-order valence-electron chi connectivity index (χ1n) is 10.5. The molecule has 1 unspecified atom stereocenters. The largest absolute Gasteiger partial charge is 0.370 e. The van der Waals surface area contributed by atoms with Crippen molar-refractivity contribution in [3.63, 3.8) is 0 Å². The molecule has 0 radical (unpaired) electrons. The van der Waals surface area contributed by atoms with Gasteiger partial charge in [0.05, 0.1) is 12.5 Å². The zero-order chi connectivity index (χ0) is 21.9. The van der Waals surface area contributed by atoms with Crippen LogP contribution < -0.4 is 5.73 Å². The van der Waals surface area contributed by atoms with Gasteiger partial charge in [-0.15, -0.1) is 0 Å². The van der Waals surface area contributed by atoms with Crippen LogP contribution in [0.4, 0.5) is 0 Å². The third kappa shape index (κ3) is 10.3. The first-order valence-corrected chi connectivity index (χ1v) is 12.6. The molecule has 0 aromatic rings. The summed E-state index contributed by atoms with van der Waals surface area (Å²) in [6.07, 6.45) is 0.814. The van der Waals surface area contributed by atoms with Crippen LogP contribution in [-0.4, -0.2) is 64.3 Å². The summed E-state index contributed by atoms with van der Waals surface area (Å²) in [5, 5.41) is 0.0938. The number of rotatable bonds is 15. The molecular formula is C20H44N3O3PS. The maximum absolute atomic E-state index is 11.7. The van der Waals surface area contributed by atoms with Gasteiger partial charge in [-0.25, -0.2) is 9.34 Å². The minimum atomic E-state index is -0.853. The Morgan fingerprint density at radius 2 is 1.36 bits per heavy atom. The van der Waals surface area contributed by atoms with Crippen LogP contribution >= 0.6 is 20.2 Å². The number of carbonyl (C=O) groups excluding carboxylic acids is 1. The molecule has 0 aliphatic rings. The van der Waals surface area contributed by atoms with E-state index >= 15 is 0 Å². The highest BCUT2D eigenvalue weighted by atomic mass is 32.2. The number of thioether (sulfide) groups is 1. The SMILES string of the molecule is CC(CN)C(=O)SCOCCCOP(N(C(C)C)C(C)C)N(C(C)C)C(C)C. The van der Waals surface area contributed by atoms with Crippen LogP contribution in [0.5, 0.6) is 0 Å². The Morgan fingerprint density at radius 1 is 0.893 bits per heavy atom. The van der Waals surface area contributed by atoms with Gasteiger partial charge in [-0.1, -0.05) is 18.7 Å². The number of carbonyl (C=O) groups is 1. The molecule has 28 heavy (non-hydrogen) atoms. The van der Waals surface area contributed by atoms with Gasteiger partial charge in [0.1, 0.15) is 0 Å². The fourth-order valence-corrected chi connectivity index (χ4v) is 6.02. The fourth-order valence-electron chi connectivity index (χ4n) is 2.94. The average molecular weight is 438 g/mol. The van der Waals surface area contributed by atoms with Gasteiger partial charge in [-0.3, -0.25) is 4.79 Å². The lowest BCUT2D eigenvalue weighted by Gasteiger charge is -2.45. The molecule has 0 amide bonds. The number of hydrogen-bond acceptors (Lipinski definition) is 7. The van der Waals surface area contributed by atoms with Crippen LogP contribution in [0, 0.1) is 5.92 Å². The second-order valence-electron chi connectivity index (χ2n) is 8.20. The maximum Gasteiger partial charge on any atom is 0.195 e. The van der Waals surface area contributed by atoms with E-state index in [-0.39, 0.29) is 11.0 Å². The molecular weight excluding hydrogens is 393 g/mol. The van der Waals surface area contributed by atoms with E-state index in [0.717, 1.165) is 6.42 Å². The zero-order valence-electron chi connectivity index (χ0n) is 19.5. The molecule has 0 aromatic heterocycles. The monoisotopic (exact) mass is 437 g/mol. The third-order valence-electron chi connectivity index (χ3n) is 4.19. The summed E-state index contributed by atoms with van der Waals surface area (Å²) in [7, 11) is -0.853. The average Bonchev–Trinajstić information content (AvgIpc) is 2.58. The highest BCUT2D eigenvalue weighted by molar-refractivity contribution is 8.13. The van der Waals surface area contributed by atoms with Crippen molar-refractivity contribution in [2.75, 3.05) is 25.7 Å². The molecule has 0 heterocycles. The van der Waals surface area contributed by atoms with Crippen molar-refractivity contribution in [2.24, 2.45) is 11.7 Å². The van der Waals surface area contributed by atoms with Gasteiger partial charge in [0, 0.05) is 43.2 Å². The number of ether oxygens (including phenoxy) is 1. The van der Waals surface area contributed by atoms with Crippen molar-refractivity contribution in [1.29, 1.82) is 0 Å². The topological polar surface area (TPSA) is 68.0 Å². The molecule has 0 saturated carbocycles. The summed E-state index contributed by atoms with van der Waals surface area (Å²) in [6, 6.07) is 1.65. The fraction of sp³-hybridized carbons (Fsp3) is 0.950. The van der Waals surface area contributed by atoms with E-state index in [1.165, 1.54) is 11.8 Å². The van der Waals surface area contributed by atoms with Gasteiger partial charge < -0.3 is 15.0 Å². The highest BCUT2D eigenvalue weighted by Gasteiger charge is 2.34. The van der Waals surface area contributed by atoms with Gasteiger partial charge in [-0.05, 0) is 61.8 Å². The summed E-state index contributed by atoms with van der Waals surface area (Å²) in [6.45, 7) is 21.3. The second kappa shape index (κ2) is 15.1. The van der Waals surface area contributed by atoms with Crippen LogP contribution in [0.25, 0.3) is 0 Å². The first-order chi connectivity index (χ1) is 13.0. The van der Waals surface area contributed by atoms with E-state index in [9.17, 15) is 4.79 Å². The van der Waals surface area contributed by atoms with Crippen LogP contribution in [0.15, 0.2) is 0 Å². The predicted octanol–water partition coefficient (Wildman–Crippen LogP) is 4.69. The molecule has 0 aliphatic heterocycles. The Balaban J connectivity index is 4.63. The van der Waals surface area contributed by atoms with E-state index < -0.39 is 8.45 Å². The molecule has 0 fully saturated rings. The van der Waals surface area contributed by atoms with Crippen molar-refractivity contribution < 1.29 is 14.1 Å². The van der Waals surface area contributed by atoms with Crippen molar-refractivity contribution in [3.8, 4) is 0 Å². The van der Waals surface area contributed by atoms with E-state index in [1.54, 1.807) is 0 Å². The van der Waals surface area contributed by atoms with Gasteiger partial charge in [0.25, 0.3) is 0 Å². The van der Waals surface area contributed by atoms with Crippen molar-refractivity contribution in [3.05, 3.63) is 0 Å². The zero-order valence-corrected chi connectivity index (χ0v) is 21.2. The molecule has 0 saturated heterocycles. The molecule has 1 atom stereocenters. The quantitative estimate of drug-likeness (QED) is 0.226.